The number of rotatable bonds is 7. The number of methoxy groups -OCH3 is 2. The highest BCUT2D eigenvalue weighted by Gasteiger charge is 2.24. The molecule has 1 aliphatic heterocycles. The van der Waals surface area contributed by atoms with Crippen molar-refractivity contribution in [2.75, 3.05) is 33.9 Å². The van der Waals surface area contributed by atoms with Crippen molar-refractivity contribution in [3.05, 3.63) is 59.7 Å². The van der Waals surface area contributed by atoms with Gasteiger partial charge >= 0.3 is 0 Å². The van der Waals surface area contributed by atoms with Gasteiger partial charge in [0, 0.05) is 25.3 Å². The van der Waals surface area contributed by atoms with E-state index in [4.69, 9.17) is 14.2 Å². The molecule has 0 N–H and O–H groups in total. The average molecular weight is 369 g/mol. The van der Waals surface area contributed by atoms with Gasteiger partial charge in [0.1, 0.15) is 0 Å². The van der Waals surface area contributed by atoms with E-state index in [1.807, 2.05) is 23.1 Å². The van der Waals surface area contributed by atoms with Crippen LogP contribution in [0.3, 0.4) is 0 Å². The molecule has 0 radical (unpaired) electrons. The molecule has 5 heteroatoms. The molecule has 3 rings (SSSR count). The van der Waals surface area contributed by atoms with E-state index in [9.17, 15) is 4.79 Å². The fourth-order valence-electron chi connectivity index (χ4n) is 3.37. The van der Waals surface area contributed by atoms with E-state index in [1.54, 1.807) is 32.4 Å². The van der Waals surface area contributed by atoms with Crippen molar-refractivity contribution in [2.24, 2.45) is 5.92 Å². The van der Waals surface area contributed by atoms with Crippen molar-refractivity contribution in [1.29, 1.82) is 0 Å². The maximum atomic E-state index is 12.8. The SMILES string of the molecule is COc1ccc(C(=O)N2CCC(COCc3ccccc3)CC2)cc1OC. The molecule has 1 aliphatic rings. The van der Waals surface area contributed by atoms with E-state index in [1.165, 1.54) is 5.56 Å². The first-order chi connectivity index (χ1) is 13.2. The zero-order valence-electron chi connectivity index (χ0n) is 16.0. The van der Waals surface area contributed by atoms with Crippen molar-refractivity contribution in [3.63, 3.8) is 0 Å². The summed E-state index contributed by atoms with van der Waals surface area (Å²) in [6.07, 6.45) is 1.93. The van der Waals surface area contributed by atoms with E-state index < -0.39 is 0 Å². The Labute approximate surface area is 160 Å². The van der Waals surface area contributed by atoms with Gasteiger partial charge in [-0.1, -0.05) is 30.3 Å². The second-order valence-corrected chi connectivity index (χ2v) is 6.81. The Morgan fingerprint density at radius 1 is 1.00 bits per heavy atom. The number of carbonyl (C=O) groups excluding carboxylic acids is 1. The maximum Gasteiger partial charge on any atom is 0.253 e. The second-order valence-electron chi connectivity index (χ2n) is 6.81. The molecule has 1 saturated heterocycles. The third-order valence-electron chi connectivity index (χ3n) is 5.00. The quantitative estimate of drug-likeness (QED) is 0.745. The lowest BCUT2D eigenvalue weighted by molar-refractivity contribution is 0.0478. The summed E-state index contributed by atoms with van der Waals surface area (Å²) in [6.45, 7) is 2.90. The molecule has 1 amide bonds. The largest absolute Gasteiger partial charge is 0.493 e. The minimum absolute atomic E-state index is 0.0413. The minimum Gasteiger partial charge on any atom is -0.493 e. The molecule has 2 aromatic rings. The number of benzene rings is 2. The first-order valence-electron chi connectivity index (χ1n) is 9.34. The standard InChI is InChI=1S/C22H27NO4/c1-25-20-9-8-19(14-21(20)26-2)22(24)23-12-10-18(11-13-23)16-27-15-17-6-4-3-5-7-17/h3-9,14,18H,10-13,15-16H2,1-2H3. The lowest BCUT2D eigenvalue weighted by Crippen LogP contribution is -2.39. The molecule has 0 atom stereocenters. The van der Waals surface area contributed by atoms with E-state index in [2.05, 4.69) is 12.1 Å². The highest BCUT2D eigenvalue weighted by atomic mass is 16.5. The van der Waals surface area contributed by atoms with Crippen LogP contribution in [-0.2, 0) is 11.3 Å². The van der Waals surface area contributed by atoms with Crippen LogP contribution in [0.5, 0.6) is 11.5 Å². The first-order valence-corrected chi connectivity index (χ1v) is 9.34. The predicted octanol–water partition coefficient (Wildman–Crippen LogP) is 3.77. The van der Waals surface area contributed by atoms with Crippen molar-refractivity contribution in [1.82, 2.24) is 4.90 Å². The van der Waals surface area contributed by atoms with Crippen LogP contribution >= 0.6 is 0 Å². The van der Waals surface area contributed by atoms with Gasteiger partial charge in [-0.05, 0) is 42.5 Å². The summed E-state index contributed by atoms with van der Waals surface area (Å²) >= 11 is 0. The number of nitrogens with zero attached hydrogens (tertiary/aromatic N) is 1. The van der Waals surface area contributed by atoms with Gasteiger partial charge < -0.3 is 19.1 Å². The maximum absolute atomic E-state index is 12.8. The summed E-state index contributed by atoms with van der Waals surface area (Å²) in [6, 6.07) is 15.5. The smallest absolute Gasteiger partial charge is 0.253 e. The monoisotopic (exact) mass is 369 g/mol. The average Bonchev–Trinajstić information content (AvgIpc) is 2.74. The molecular weight excluding hydrogens is 342 g/mol. The first kappa shape index (κ1) is 19.2. The summed E-state index contributed by atoms with van der Waals surface area (Å²) in [4.78, 5) is 14.7. The van der Waals surface area contributed by atoms with Crippen LogP contribution in [-0.4, -0.2) is 44.7 Å². The molecule has 0 unspecified atom stereocenters. The van der Waals surface area contributed by atoms with Gasteiger partial charge in [0.15, 0.2) is 11.5 Å². The van der Waals surface area contributed by atoms with Crippen LogP contribution in [0.1, 0.15) is 28.8 Å². The van der Waals surface area contributed by atoms with Crippen molar-refractivity contribution in [2.45, 2.75) is 19.4 Å². The van der Waals surface area contributed by atoms with Crippen LogP contribution in [0, 0.1) is 5.92 Å². The van der Waals surface area contributed by atoms with Gasteiger partial charge in [0.05, 0.1) is 20.8 Å². The Balaban J connectivity index is 1.48. The molecule has 0 spiro atoms. The Hall–Kier alpha value is -2.53. The van der Waals surface area contributed by atoms with Crippen molar-refractivity contribution < 1.29 is 19.0 Å². The molecule has 1 fully saturated rings. The minimum atomic E-state index is 0.0413. The zero-order valence-corrected chi connectivity index (χ0v) is 16.0. The number of amides is 1. The fraction of sp³-hybridized carbons (Fsp3) is 0.409. The fourth-order valence-corrected chi connectivity index (χ4v) is 3.37. The van der Waals surface area contributed by atoms with E-state index >= 15 is 0 Å². The molecule has 1 heterocycles. The van der Waals surface area contributed by atoms with E-state index in [-0.39, 0.29) is 5.91 Å². The molecular formula is C22H27NO4. The van der Waals surface area contributed by atoms with Gasteiger partial charge in [0.25, 0.3) is 5.91 Å². The van der Waals surface area contributed by atoms with Crippen LogP contribution in [0.4, 0.5) is 0 Å². The summed E-state index contributed by atoms with van der Waals surface area (Å²) in [5.41, 5.74) is 1.82. The van der Waals surface area contributed by atoms with Crippen LogP contribution in [0.25, 0.3) is 0 Å². The van der Waals surface area contributed by atoms with Gasteiger partial charge in [-0.3, -0.25) is 4.79 Å². The molecule has 5 nitrogen and oxygen atoms in total. The molecule has 0 aliphatic carbocycles. The summed E-state index contributed by atoms with van der Waals surface area (Å²) in [7, 11) is 3.16. The van der Waals surface area contributed by atoms with Crippen molar-refractivity contribution >= 4 is 5.91 Å². The van der Waals surface area contributed by atoms with Crippen LogP contribution in [0.2, 0.25) is 0 Å². The molecule has 0 saturated carbocycles. The number of ether oxygens (including phenoxy) is 3. The lowest BCUT2D eigenvalue weighted by atomic mass is 9.97. The third-order valence-corrected chi connectivity index (χ3v) is 5.00. The Bertz CT molecular complexity index is 739. The van der Waals surface area contributed by atoms with Gasteiger partial charge in [-0.2, -0.15) is 0 Å². The molecule has 144 valence electrons. The normalized spacial score (nSPS) is 14.8. The number of hydrogen-bond acceptors (Lipinski definition) is 4. The van der Waals surface area contributed by atoms with Crippen LogP contribution in [0.15, 0.2) is 48.5 Å². The Morgan fingerprint density at radius 3 is 2.37 bits per heavy atom. The molecule has 27 heavy (non-hydrogen) atoms. The van der Waals surface area contributed by atoms with Crippen molar-refractivity contribution in [3.8, 4) is 11.5 Å². The topological polar surface area (TPSA) is 48.0 Å². The number of piperidine rings is 1. The Kier molecular flexibility index (Phi) is 6.71. The van der Waals surface area contributed by atoms with E-state index in [0.717, 1.165) is 32.5 Å². The summed E-state index contributed by atoms with van der Waals surface area (Å²) in [5, 5.41) is 0. The van der Waals surface area contributed by atoms with Gasteiger partial charge in [-0.15, -0.1) is 0 Å². The van der Waals surface area contributed by atoms with Gasteiger partial charge in [0.2, 0.25) is 0 Å². The van der Waals surface area contributed by atoms with Crippen LogP contribution < -0.4 is 9.47 Å². The summed E-state index contributed by atoms with van der Waals surface area (Å²) in [5.74, 6) is 1.75. The number of carbonyl (C=O) groups is 1. The second kappa shape index (κ2) is 9.42. The highest BCUT2D eigenvalue weighted by molar-refractivity contribution is 5.95. The van der Waals surface area contributed by atoms with E-state index in [0.29, 0.717) is 29.6 Å². The van der Waals surface area contributed by atoms with Gasteiger partial charge in [-0.25, -0.2) is 0 Å². The summed E-state index contributed by atoms with van der Waals surface area (Å²) < 4.78 is 16.4. The molecule has 0 bridgehead atoms. The number of hydrogen-bond donors (Lipinski definition) is 0. The predicted molar refractivity (Wildman–Crippen MR) is 104 cm³/mol. The lowest BCUT2D eigenvalue weighted by Gasteiger charge is -2.32. The highest BCUT2D eigenvalue weighted by Crippen LogP contribution is 2.29. The zero-order chi connectivity index (χ0) is 19.1. The molecule has 0 aromatic heterocycles. The molecule has 2 aromatic carbocycles. The third kappa shape index (κ3) is 5.01. The Morgan fingerprint density at radius 2 is 1.70 bits per heavy atom. The number of likely N-dealkylation sites (tertiary alicyclic amines) is 1.